The number of nitrogens with zero attached hydrogens (tertiary/aromatic N) is 3. The number of benzene rings is 1. The highest BCUT2D eigenvalue weighted by Crippen LogP contribution is 2.28. The van der Waals surface area contributed by atoms with Gasteiger partial charge in [0.15, 0.2) is 11.8 Å². The van der Waals surface area contributed by atoms with E-state index in [1.165, 1.54) is 18.2 Å². The highest BCUT2D eigenvalue weighted by molar-refractivity contribution is 5.79. The summed E-state index contributed by atoms with van der Waals surface area (Å²) >= 11 is 0. The number of aromatic nitrogens is 3. The van der Waals surface area contributed by atoms with Crippen molar-refractivity contribution in [1.82, 2.24) is 14.3 Å². The van der Waals surface area contributed by atoms with E-state index >= 15 is 0 Å². The number of aliphatic hydroxyl groups is 3. The minimum absolute atomic E-state index is 0.174. The molecule has 1 unspecified atom stereocenters. The Hall–Kier alpha value is -2.86. The quantitative estimate of drug-likeness (QED) is 0.510. The van der Waals surface area contributed by atoms with Crippen molar-refractivity contribution >= 4 is 11.0 Å². The number of rotatable bonds is 4. The van der Waals surface area contributed by atoms with Crippen LogP contribution in [0, 0.1) is 5.82 Å². The molecule has 0 bridgehead atoms. The molecule has 0 spiro atoms. The number of hydrogen-bond acceptors (Lipinski definition) is 8. The van der Waals surface area contributed by atoms with Crippen LogP contribution in [0.1, 0.15) is 11.9 Å². The lowest BCUT2D eigenvalue weighted by molar-refractivity contribution is -0.0555. The fourth-order valence-corrected chi connectivity index (χ4v) is 3.21. The zero-order chi connectivity index (χ0) is 20.0. The van der Waals surface area contributed by atoms with E-state index in [-0.39, 0.29) is 12.2 Å². The van der Waals surface area contributed by atoms with Gasteiger partial charge in [-0.2, -0.15) is 0 Å². The van der Waals surface area contributed by atoms with Gasteiger partial charge in [-0.05, 0) is 18.2 Å². The van der Waals surface area contributed by atoms with Crippen LogP contribution in [0.5, 0.6) is 0 Å². The summed E-state index contributed by atoms with van der Waals surface area (Å²) in [5, 5.41) is 33.3. The van der Waals surface area contributed by atoms with Gasteiger partial charge < -0.3 is 24.6 Å². The molecule has 0 amide bonds. The van der Waals surface area contributed by atoms with Gasteiger partial charge in [-0.1, -0.05) is 5.16 Å². The summed E-state index contributed by atoms with van der Waals surface area (Å²) in [4.78, 5) is 25.0. The molecule has 4 atom stereocenters. The van der Waals surface area contributed by atoms with Crippen molar-refractivity contribution in [3.8, 4) is 0 Å². The molecular weight excluding hydrogens is 377 g/mol. The van der Waals surface area contributed by atoms with Gasteiger partial charge in [0.2, 0.25) is 0 Å². The molecule has 1 aliphatic rings. The Kier molecular flexibility index (Phi) is 4.59. The van der Waals surface area contributed by atoms with Crippen molar-refractivity contribution in [1.29, 1.82) is 0 Å². The third-order valence-corrected chi connectivity index (χ3v) is 4.70. The summed E-state index contributed by atoms with van der Waals surface area (Å²) in [6.45, 7) is -0.858. The van der Waals surface area contributed by atoms with Crippen molar-refractivity contribution < 1.29 is 29.0 Å². The van der Waals surface area contributed by atoms with Gasteiger partial charge in [0.1, 0.15) is 29.8 Å². The molecule has 0 aliphatic carbocycles. The van der Waals surface area contributed by atoms with Crippen LogP contribution in [0.25, 0.3) is 11.0 Å². The molecule has 1 saturated heterocycles. The van der Waals surface area contributed by atoms with Crippen LogP contribution in [-0.4, -0.2) is 54.5 Å². The second-order valence-corrected chi connectivity index (χ2v) is 6.43. The summed E-state index contributed by atoms with van der Waals surface area (Å²) in [6.07, 6.45) is -4.12. The lowest BCUT2D eigenvalue weighted by Crippen LogP contribution is -2.43. The van der Waals surface area contributed by atoms with Crippen LogP contribution in [0.2, 0.25) is 0 Å². The SMILES string of the molecule is O=c1ccn([C@@H]2O[C@H](CO)[C@H](O)C2O)c(=O)n1Cc1noc2ccc(F)cc12. The van der Waals surface area contributed by atoms with Gasteiger partial charge >= 0.3 is 5.69 Å². The van der Waals surface area contributed by atoms with E-state index in [1.54, 1.807) is 0 Å². The predicted molar refractivity (Wildman–Crippen MR) is 91.0 cm³/mol. The van der Waals surface area contributed by atoms with Crippen LogP contribution >= 0.6 is 0 Å². The molecule has 4 rings (SSSR count). The molecule has 1 fully saturated rings. The smallest absolute Gasteiger partial charge is 0.333 e. The van der Waals surface area contributed by atoms with E-state index in [0.29, 0.717) is 11.0 Å². The van der Waals surface area contributed by atoms with Crippen molar-refractivity contribution in [3.05, 3.63) is 62.8 Å². The van der Waals surface area contributed by atoms with E-state index in [1.807, 2.05) is 0 Å². The summed E-state index contributed by atoms with van der Waals surface area (Å²) in [7, 11) is 0. The molecule has 10 nitrogen and oxygen atoms in total. The van der Waals surface area contributed by atoms with E-state index in [9.17, 15) is 29.3 Å². The van der Waals surface area contributed by atoms with Crippen LogP contribution in [0.15, 0.2) is 44.6 Å². The summed E-state index contributed by atoms with van der Waals surface area (Å²) in [5.74, 6) is -0.527. The van der Waals surface area contributed by atoms with E-state index < -0.39 is 48.2 Å². The van der Waals surface area contributed by atoms with Gasteiger partial charge in [0.05, 0.1) is 13.2 Å². The molecule has 0 saturated carbocycles. The summed E-state index contributed by atoms with van der Waals surface area (Å²) in [5.41, 5.74) is -1.02. The Labute approximate surface area is 155 Å². The first-order valence-electron chi connectivity index (χ1n) is 8.39. The van der Waals surface area contributed by atoms with Crippen LogP contribution in [0.4, 0.5) is 4.39 Å². The van der Waals surface area contributed by atoms with Crippen LogP contribution in [-0.2, 0) is 11.3 Å². The molecule has 2 aromatic heterocycles. The normalized spacial score (nSPS) is 24.9. The van der Waals surface area contributed by atoms with Crippen LogP contribution in [0.3, 0.4) is 0 Å². The van der Waals surface area contributed by atoms with E-state index in [4.69, 9.17) is 9.26 Å². The van der Waals surface area contributed by atoms with E-state index in [2.05, 4.69) is 5.16 Å². The Morgan fingerprint density at radius 1 is 1.18 bits per heavy atom. The third kappa shape index (κ3) is 2.94. The topological polar surface area (TPSA) is 140 Å². The van der Waals surface area contributed by atoms with Crippen LogP contribution < -0.4 is 11.2 Å². The first-order valence-corrected chi connectivity index (χ1v) is 8.39. The number of fused-ring (bicyclic) bond motifs is 1. The maximum absolute atomic E-state index is 13.5. The van der Waals surface area contributed by atoms with Gasteiger partial charge in [-0.15, -0.1) is 0 Å². The average Bonchev–Trinajstić information content (AvgIpc) is 3.20. The van der Waals surface area contributed by atoms with Crippen molar-refractivity contribution in [3.63, 3.8) is 0 Å². The first kappa shape index (κ1) is 18.5. The van der Waals surface area contributed by atoms with E-state index in [0.717, 1.165) is 21.4 Å². The second kappa shape index (κ2) is 6.95. The number of aliphatic hydroxyl groups excluding tert-OH is 3. The average molecular weight is 393 g/mol. The molecule has 0 radical (unpaired) electrons. The fraction of sp³-hybridized carbons (Fsp3) is 0.353. The van der Waals surface area contributed by atoms with Gasteiger partial charge in [0.25, 0.3) is 5.56 Å². The van der Waals surface area contributed by atoms with Crippen molar-refractivity contribution in [2.45, 2.75) is 31.1 Å². The fourth-order valence-electron chi connectivity index (χ4n) is 3.21. The molecule has 1 aliphatic heterocycles. The monoisotopic (exact) mass is 393 g/mol. The Morgan fingerprint density at radius 2 is 1.96 bits per heavy atom. The standard InChI is InChI=1S/C17H16FN3O7/c18-8-1-2-11-9(5-8)10(19-28-11)6-21-13(23)3-4-20(17(21)26)16-15(25)14(24)12(7-22)27-16/h1-5,12,14-16,22,24-25H,6-7H2/t12-,14+,15?,16-/m1/s1. The number of ether oxygens (including phenoxy) is 1. The summed E-state index contributed by atoms with van der Waals surface area (Å²) in [6, 6.07) is 4.84. The Bertz CT molecular complexity index is 1140. The first-order chi connectivity index (χ1) is 13.4. The molecule has 148 valence electrons. The summed E-state index contributed by atoms with van der Waals surface area (Å²) < 4.78 is 25.7. The maximum Gasteiger partial charge on any atom is 0.333 e. The molecule has 1 aromatic carbocycles. The van der Waals surface area contributed by atoms with Crippen molar-refractivity contribution in [2.24, 2.45) is 0 Å². The number of halogens is 1. The molecule has 3 aromatic rings. The molecule has 11 heteroatoms. The highest BCUT2D eigenvalue weighted by Gasteiger charge is 2.43. The second-order valence-electron chi connectivity index (χ2n) is 6.43. The van der Waals surface area contributed by atoms with Crippen molar-refractivity contribution in [2.75, 3.05) is 6.61 Å². The minimum Gasteiger partial charge on any atom is -0.394 e. The van der Waals surface area contributed by atoms with Gasteiger partial charge in [-0.3, -0.25) is 13.9 Å². The Morgan fingerprint density at radius 3 is 2.68 bits per heavy atom. The zero-order valence-electron chi connectivity index (χ0n) is 14.3. The zero-order valence-corrected chi connectivity index (χ0v) is 14.3. The molecule has 3 N–H and O–H groups in total. The highest BCUT2D eigenvalue weighted by atomic mass is 19.1. The third-order valence-electron chi connectivity index (χ3n) is 4.70. The Balaban J connectivity index is 1.74. The molecule has 28 heavy (non-hydrogen) atoms. The maximum atomic E-state index is 13.5. The lowest BCUT2D eigenvalue weighted by atomic mass is 10.1. The number of hydrogen-bond donors (Lipinski definition) is 3. The lowest BCUT2D eigenvalue weighted by Gasteiger charge is -2.18. The molecular formula is C17H16FN3O7. The van der Waals surface area contributed by atoms with Gasteiger partial charge in [-0.25, -0.2) is 9.18 Å². The molecule has 3 heterocycles. The predicted octanol–water partition coefficient (Wildman–Crippen LogP) is -1.05. The largest absolute Gasteiger partial charge is 0.394 e. The van der Waals surface area contributed by atoms with Gasteiger partial charge in [0, 0.05) is 17.6 Å². The minimum atomic E-state index is -1.48.